The van der Waals surface area contributed by atoms with Gasteiger partial charge in [-0.3, -0.25) is 19.2 Å². The third-order valence-electron chi connectivity index (χ3n) is 7.11. The Balaban J connectivity index is 1.32. The van der Waals surface area contributed by atoms with Gasteiger partial charge >= 0.3 is 12.4 Å². The summed E-state index contributed by atoms with van der Waals surface area (Å²) in [7, 11) is 1.84. The van der Waals surface area contributed by atoms with Gasteiger partial charge in [0, 0.05) is 31.6 Å². The van der Waals surface area contributed by atoms with Gasteiger partial charge in [0.2, 0.25) is 5.91 Å². The molecule has 0 saturated carbocycles. The number of benzene rings is 2. The Bertz CT molecular complexity index is 1610. The molecule has 2 aliphatic heterocycles. The van der Waals surface area contributed by atoms with Crippen molar-refractivity contribution in [2.24, 2.45) is 10.7 Å². The molecule has 2 aromatic carbocycles. The van der Waals surface area contributed by atoms with E-state index in [4.69, 9.17) is 5.73 Å². The molecule has 0 bridgehead atoms. The summed E-state index contributed by atoms with van der Waals surface area (Å²) >= 11 is 1.21. The van der Waals surface area contributed by atoms with Crippen molar-refractivity contribution in [2.75, 3.05) is 26.7 Å². The molecule has 2 amide bonds. The Morgan fingerprint density at radius 1 is 1.14 bits per heavy atom. The Morgan fingerprint density at radius 2 is 1.90 bits per heavy atom. The molecule has 42 heavy (non-hydrogen) atoms. The minimum absolute atomic E-state index is 0.0625. The van der Waals surface area contributed by atoms with Crippen molar-refractivity contribution in [1.29, 1.82) is 0 Å². The van der Waals surface area contributed by atoms with Gasteiger partial charge < -0.3 is 10.6 Å². The molecule has 15 heteroatoms. The summed E-state index contributed by atoms with van der Waals surface area (Å²) in [5.74, 6) is -0.814. The van der Waals surface area contributed by atoms with Crippen LogP contribution in [0, 0.1) is 0 Å². The second-order valence-corrected chi connectivity index (χ2v) is 11.1. The maximum absolute atomic E-state index is 13.6. The van der Waals surface area contributed by atoms with Crippen LogP contribution in [0.5, 0.6) is 0 Å². The lowest BCUT2D eigenvalue weighted by Crippen LogP contribution is -2.39. The zero-order valence-electron chi connectivity index (χ0n) is 22.0. The summed E-state index contributed by atoms with van der Waals surface area (Å²) in [6.45, 7) is 1.09. The standard InChI is InChI=1S/C27H24F6N6O2S/c1-37(19-6-7-38(13-19)14-23(34)40)25-36-24(41)22(42-25)9-15-2-5-21-17(8-15)11-35-39(21)12-16-3-4-18(26(28,29)30)10-20(16)27(31,32)33/h2-5,8-11,19H,6-7,12-14H2,1H3,(H2,34,40)/t19-/m1/s1. The molecule has 222 valence electrons. The average molecular weight is 611 g/mol. The number of nitrogens with two attached hydrogens (primary N) is 1. The second-order valence-electron chi connectivity index (χ2n) is 10.1. The molecule has 8 nitrogen and oxygen atoms in total. The number of thioether (sulfide) groups is 1. The van der Waals surface area contributed by atoms with Crippen molar-refractivity contribution < 1.29 is 35.9 Å². The molecule has 0 radical (unpaired) electrons. The van der Waals surface area contributed by atoms with Gasteiger partial charge in [-0.15, -0.1) is 0 Å². The molecule has 0 aliphatic carbocycles. The largest absolute Gasteiger partial charge is 0.416 e. The monoisotopic (exact) mass is 610 g/mol. The summed E-state index contributed by atoms with van der Waals surface area (Å²) in [5.41, 5.74) is 3.27. The molecule has 1 atom stereocenters. The minimum atomic E-state index is -4.99. The van der Waals surface area contributed by atoms with Gasteiger partial charge in [-0.25, -0.2) is 0 Å². The second kappa shape index (κ2) is 11.1. The highest BCUT2D eigenvalue weighted by atomic mass is 32.2. The van der Waals surface area contributed by atoms with E-state index in [1.54, 1.807) is 24.3 Å². The number of likely N-dealkylation sites (tertiary alicyclic amines) is 1. The quantitative estimate of drug-likeness (QED) is 0.324. The first-order valence-electron chi connectivity index (χ1n) is 12.7. The van der Waals surface area contributed by atoms with E-state index in [9.17, 15) is 35.9 Å². The van der Waals surface area contributed by atoms with Crippen molar-refractivity contribution in [1.82, 2.24) is 19.6 Å². The number of likely N-dealkylation sites (N-methyl/N-ethyl adjacent to an activating group) is 1. The number of aliphatic imine (C=N–C) groups is 1. The molecular formula is C27H24F6N6O2S. The van der Waals surface area contributed by atoms with Crippen LogP contribution in [0.1, 0.15) is 28.7 Å². The van der Waals surface area contributed by atoms with Crippen LogP contribution in [-0.2, 0) is 28.5 Å². The number of primary amides is 1. The minimum Gasteiger partial charge on any atom is -0.369 e. The fraction of sp³-hybridized carbons (Fsp3) is 0.333. The molecular weight excluding hydrogens is 586 g/mol. The van der Waals surface area contributed by atoms with E-state index in [0.29, 0.717) is 45.7 Å². The molecule has 1 saturated heterocycles. The van der Waals surface area contributed by atoms with Gasteiger partial charge in [-0.1, -0.05) is 12.1 Å². The number of fused-ring (bicyclic) bond motifs is 1. The summed E-state index contributed by atoms with van der Waals surface area (Å²) in [6.07, 6.45) is -6.02. The summed E-state index contributed by atoms with van der Waals surface area (Å²) in [4.78, 5) is 32.3. The maximum Gasteiger partial charge on any atom is 0.416 e. The lowest BCUT2D eigenvalue weighted by molar-refractivity contribution is -0.143. The van der Waals surface area contributed by atoms with Crippen molar-refractivity contribution in [3.05, 3.63) is 69.8 Å². The number of halogens is 6. The number of amidine groups is 1. The van der Waals surface area contributed by atoms with Gasteiger partial charge in [0.1, 0.15) is 0 Å². The number of carbonyl (C=O) groups is 2. The topological polar surface area (TPSA) is 96.8 Å². The van der Waals surface area contributed by atoms with Crippen LogP contribution in [0.15, 0.2) is 52.5 Å². The number of alkyl halides is 6. The Hall–Kier alpha value is -3.85. The van der Waals surface area contributed by atoms with Crippen molar-refractivity contribution in [3.8, 4) is 0 Å². The van der Waals surface area contributed by atoms with E-state index in [0.717, 1.165) is 12.5 Å². The highest BCUT2D eigenvalue weighted by molar-refractivity contribution is 8.18. The average Bonchev–Trinajstić information content (AvgIpc) is 3.61. The normalized spacial score (nSPS) is 19.2. The van der Waals surface area contributed by atoms with E-state index in [1.807, 2.05) is 16.8 Å². The van der Waals surface area contributed by atoms with Gasteiger partial charge in [0.05, 0.1) is 40.8 Å². The molecule has 3 heterocycles. The van der Waals surface area contributed by atoms with Crippen molar-refractivity contribution >= 4 is 45.7 Å². The third-order valence-corrected chi connectivity index (χ3v) is 8.19. The van der Waals surface area contributed by atoms with E-state index in [1.165, 1.54) is 22.6 Å². The zero-order valence-corrected chi connectivity index (χ0v) is 22.9. The zero-order chi connectivity index (χ0) is 30.4. The predicted molar refractivity (Wildman–Crippen MR) is 145 cm³/mol. The molecule has 5 rings (SSSR count). The molecule has 0 unspecified atom stereocenters. The summed E-state index contributed by atoms with van der Waals surface area (Å²) < 4.78 is 81.2. The lowest BCUT2D eigenvalue weighted by atomic mass is 10.0. The van der Waals surface area contributed by atoms with Crippen LogP contribution in [0.4, 0.5) is 26.3 Å². The van der Waals surface area contributed by atoms with Gasteiger partial charge in [0.25, 0.3) is 5.91 Å². The first-order chi connectivity index (χ1) is 19.7. The summed E-state index contributed by atoms with van der Waals surface area (Å²) in [6, 6.07) is 6.60. The first kappa shape index (κ1) is 29.6. The van der Waals surface area contributed by atoms with Gasteiger partial charge in [-0.05, 0) is 59.7 Å². The number of amides is 2. The van der Waals surface area contributed by atoms with Crippen LogP contribution in [-0.4, -0.2) is 69.3 Å². The Morgan fingerprint density at radius 3 is 2.60 bits per heavy atom. The Kier molecular flexibility index (Phi) is 7.83. The van der Waals surface area contributed by atoms with Crippen LogP contribution < -0.4 is 5.73 Å². The van der Waals surface area contributed by atoms with E-state index in [2.05, 4.69) is 10.1 Å². The van der Waals surface area contributed by atoms with Gasteiger partial charge in [0.15, 0.2) is 5.17 Å². The maximum atomic E-state index is 13.6. The summed E-state index contributed by atoms with van der Waals surface area (Å²) in [5, 5.41) is 5.25. The fourth-order valence-corrected chi connectivity index (χ4v) is 5.93. The van der Waals surface area contributed by atoms with Crippen molar-refractivity contribution in [3.63, 3.8) is 0 Å². The lowest BCUT2D eigenvalue weighted by Gasteiger charge is -2.25. The third kappa shape index (κ3) is 6.31. The first-order valence-corrected chi connectivity index (χ1v) is 13.5. The number of hydrogen-bond donors (Lipinski definition) is 1. The predicted octanol–water partition coefficient (Wildman–Crippen LogP) is 4.58. The number of nitrogens with zero attached hydrogens (tertiary/aromatic N) is 5. The van der Waals surface area contributed by atoms with Gasteiger partial charge in [-0.2, -0.15) is 36.4 Å². The number of carbonyl (C=O) groups excluding carboxylic acids is 2. The van der Waals surface area contributed by atoms with Crippen molar-refractivity contribution in [2.45, 2.75) is 31.4 Å². The van der Waals surface area contributed by atoms with Crippen LogP contribution in [0.25, 0.3) is 17.0 Å². The smallest absolute Gasteiger partial charge is 0.369 e. The van der Waals surface area contributed by atoms with E-state index in [-0.39, 0.29) is 24.2 Å². The highest BCUT2D eigenvalue weighted by Gasteiger charge is 2.38. The van der Waals surface area contributed by atoms with Crippen LogP contribution >= 0.6 is 11.8 Å². The Labute approximate surface area is 239 Å². The molecule has 0 spiro atoms. The molecule has 1 aromatic heterocycles. The van der Waals surface area contributed by atoms with E-state index < -0.39 is 41.8 Å². The molecule has 3 aromatic rings. The molecule has 1 fully saturated rings. The van der Waals surface area contributed by atoms with Crippen LogP contribution in [0.3, 0.4) is 0 Å². The number of rotatable bonds is 6. The number of hydrogen-bond acceptors (Lipinski definition) is 6. The highest BCUT2D eigenvalue weighted by Crippen LogP contribution is 2.38. The fourth-order valence-electron chi connectivity index (χ4n) is 4.99. The van der Waals surface area contributed by atoms with E-state index >= 15 is 0 Å². The molecule has 2 N–H and O–H groups in total. The number of aromatic nitrogens is 2. The SMILES string of the molecule is CN(C1=NC(=O)C(=Cc2ccc3c(cnn3Cc3ccc(C(F)(F)F)cc3C(F)(F)F)c2)S1)[C@@H]1CCN(CC(N)=O)C1. The molecule has 2 aliphatic rings. The van der Waals surface area contributed by atoms with Crippen LogP contribution in [0.2, 0.25) is 0 Å².